The number of β-amino-alcohol motifs (C(OH)–C–C–N with tert-alkyl or cyclic N) is 1. The van der Waals surface area contributed by atoms with Gasteiger partial charge in [-0.25, -0.2) is 0 Å². The molecule has 1 atom stereocenters. The molecule has 25 heavy (non-hydrogen) atoms. The van der Waals surface area contributed by atoms with Crippen molar-refractivity contribution in [3.05, 3.63) is 59.5 Å². The van der Waals surface area contributed by atoms with Crippen LogP contribution in [0, 0.1) is 6.92 Å². The van der Waals surface area contributed by atoms with E-state index in [4.69, 9.17) is 4.42 Å². The topological polar surface area (TPSA) is 39.9 Å². The zero-order chi connectivity index (χ0) is 17.3. The summed E-state index contributed by atoms with van der Waals surface area (Å²) in [7, 11) is 0. The molecule has 0 spiro atoms. The molecule has 2 aliphatic rings. The Morgan fingerprint density at radius 2 is 1.92 bits per heavy atom. The van der Waals surface area contributed by atoms with Gasteiger partial charge in [0.25, 0.3) is 0 Å². The van der Waals surface area contributed by atoms with Crippen molar-refractivity contribution in [1.82, 2.24) is 9.80 Å². The van der Waals surface area contributed by atoms with Gasteiger partial charge < -0.3 is 9.52 Å². The lowest BCUT2D eigenvalue weighted by Crippen LogP contribution is -2.45. The summed E-state index contributed by atoms with van der Waals surface area (Å²) in [5.74, 6) is 1.05. The Bertz CT molecular complexity index is 692. The van der Waals surface area contributed by atoms with Crippen LogP contribution in [0.1, 0.15) is 36.1 Å². The molecule has 2 aromatic rings. The van der Waals surface area contributed by atoms with Crippen LogP contribution in [0.25, 0.3) is 0 Å². The molecule has 0 bridgehead atoms. The fourth-order valence-electron chi connectivity index (χ4n) is 4.51. The lowest BCUT2D eigenvalue weighted by atomic mass is 9.89. The normalized spacial score (nSPS) is 26.3. The molecule has 2 aliphatic heterocycles. The van der Waals surface area contributed by atoms with Crippen LogP contribution in [0.2, 0.25) is 0 Å². The number of aryl methyl sites for hydroxylation is 1. The Morgan fingerprint density at radius 3 is 2.64 bits per heavy atom. The molecule has 134 valence electrons. The van der Waals surface area contributed by atoms with Crippen molar-refractivity contribution in [3.63, 3.8) is 0 Å². The maximum atomic E-state index is 11.2. The number of hydrogen-bond donors (Lipinski definition) is 1. The molecule has 2 saturated heterocycles. The van der Waals surface area contributed by atoms with E-state index in [-0.39, 0.29) is 0 Å². The molecular formula is C21H28N2O2. The Hall–Kier alpha value is -1.62. The summed E-state index contributed by atoms with van der Waals surface area (Å²) in [5.41, 5.74) is 1.62. The second kappa shape index (κ2) is 6.94. The number of aliphatic hydroxyl groups is 1. The Kier molecular flexibility index (Phi) is 4.67. The summed E-state index contributed by atoms with van der Waals surface area (Å²) in [5, 5.41) is 11.2. The number of piperidine rings is 1. The van der Waals surface area contributed by atoms with Gasteiger partial charge in [-0.05, 0) is 49.4 Å². The lowest BCUT2D eigenvalue weighted by Gasteiger charge is -2.37. The molecule has 3 heterocycles. The molecule has 1 unspecified atom stereocenters. The zero-order valence-electron chi connectivity index (χ0n) is 15.0. The van der Waals surface area contributed by atoms with E-state index in [1.165, 1.54) is 18.4 Å². The molecule has 2 fully saturated rings. The first kappa shape index (κ1) is 16.8. The van der Waals surface area contributed by atoms with Crippen LogP contribution in [0.5, 0.6) is 0 Å². The molecule has 0 aliphatic carbocycles. The van der Waals surface area contributed by atoms with Crippen molar-refractivity contribution in [2.24, 2.45) is 0 Å². The van der Waals surface area contributed by atoms with Gasteiger partial charge in [0.2, 0.25) is 0 Å². The van der Waals surface area contributed by atoms with Crippen molar-refractivity contribution in [3.8, 4) is 0 Å². The van der Waals surface area contributed by atoms with E-state index in [0.29, 0.717) is 6.04 Å². The number of likely N-dealkylation sites (tertiary alicyclic amines) is 2. The highest BCUT2D eigenvalue weighted by Gasteiger charge is 2.41. The molecular weight excluding hydrogens is 312 g/mol. The third kappa shape index (κ3) is 3.52. The fraction of sp³-hybridized carbons (Fsp3) is 0.524. The van der Waals surface area contributed by atoms with Crippen LogP contribution in [0.4, 0.5) is 0 Å². The van der Waals surface area contributed by atoms with Crippen molar-refractivity contribution in [2.45, 2.75) is 44.4 Å². The van der Waals surface area contributed by atoms with Crippen molar-refractivity contribution < 1.29 is 9.52 Å². The molecule has 1 N–H and O–H groups in total. The minimum atomic E-state index is -0.684. The third-order valence-corrected chi connectivity index (χ3v) is 5.96. The van der Waals surface area contributed by atoms with E-state index in [0.717, 1.165) is 50.5 Å². The second-order valence-corrected chi connectivity index (χ2v) is 7.65. The standard InChI is InChI=1S/C21H28N2O2/c1-17-5-2-3-7-20(17)21(24)10-13-23(16-21)18-8-11-22(12-9-18)15-19-6-4-14-25-19/h2-7,14,18,24H,8-13,15-16H2,1H3. The average molecular weight is 340 g/mol. The predicted molar refractivity (Wildman–Crippen MR) is 98.3 cm³/mol. The molecule has 4 heteroatoms. The summed E-state index contributed by atoms with van der Waals surface area (Å²) in [6.07, 6.45) is 4.93. The SMILES string of the molecule is Cc1ccccc1C1(O)CCN(C2CCN(Cc3ccco3)CC2)C1. The largest absolute Gasteiger partial charge is 0.468 e. The monoisotopic (exact) mass is 340 g/mol. The van der Waals surface area contributed by atoms with Crippen LogP contribution >= 0.6 is 0 Å². The Morgan fingerprint density at radius 1 is 1.12 bits per heavy atom. The summed E-state index contributed by atoms with van der Waals surface area (Å²) in [6, 6.07) is 12.9. The van der Waals surface area contributed by atoms with Gasteiger partial charge in [-0.1, -0.05) is 24.3 Å². The van der Waals surface area contributed by atoms with E-state index >= 15 is 0 Å². The highest BCUT2D eigenvalue weighted by atomic mass is 16.3. The number of benzene rings is 1. The summed E-state index contributed by atoms with van der Waals surface area (Å²) >= 11 is 0. The summed E-state index contributed by atoms with van der Waals surface area (Å²) in [4.78, 5) is 4.98. The van der Waals surface area contributed by atoms with E-state index in [2.05, 4.69) is 34.9 Å². The van der Waals surface area contributed by atoms with Gasteiger partial charge in [-0.15, -0.1) is 0 Å². The second-order valence-electron chi connectivity index (χ2n) is 7.65. The molecule has 0 amide bonds. The smallest absolute Gasteiger partial charge is 0.117 e. The quantitative estimate of drug-likeness (QED) is 0.928. The van der Waals surface area contributed by atoms with E-state index in [1.54, 1.807) is 6.26 Å². The minimum Gasteiger partial charge on any atom is -0.468 e. The average Bonchev–Trinajstić information content (AvgIpc) is 3.26. The number of rotatable bonds is 4. The molecule has 0 saturated carbocycles. The van der Waals surface area contributed by atoms with Gasteiger partial charge in [0, 0.05) is 32.2 Å². The maximum Gasteiger partial charge on any atom is 0.117 e. The van der Waals surface area contributed by atoms with Gasteiger partial charge in [0.05, 0.1) is 12.8 Å². The first-order chi connectivity index (χ1) is 12.1. The van der Waals surface area contributed by atoms with E-state index in [9.17, 15) is 5.11 Å². The number of nitrogens with zero attached hydrogens (tertiary/aromatic N) is 2. The van der Waals surface area contributed by atoms with Gasteiger partial charge in [0.15, 0.2) is 0 Å². The molecule has 1 aromatic heterocycles. The van der Waals surface area contributed by atoms with Gasteiger partial charge in [-0.2, -0.15) is 0 Å². The van der Waals surface area contributed by atoms with Crippen LogP contribution in [0.15, 0.2) is 47.1 Å². The van der Waals surface area contributed by atoms with E-state index in [1.807, 2.05) is 18.2 Å². The first-order valence-electron chi connectivity index (χ1n) is 9.41. The Balaban J connectivity index is 1.34. The first-order valence-corrected chi connectivity index (χ1v) is 9.41. The number of hydrogen-bond acceptors (Lipinski definition) is 4. The van der Waals surface area contributed by atoms with Gasteiger partial charge in [0.1, 0.15) is 11.4 Å². The van der Waals surface area contributed by atoms with Gasteiger partial charge >= 0.3 is 0 Å². The fourth-order valence-corrected chi connectivity index (χ4v) is 4.51. The van der Waals surface area contributed by atoms with Crippen LogP contribution in [-0.2, 0) is 12.1 Å². The minimum absolute atomic E-state index is 0.589. The highest BCUT2D eigenvalue weighted by molar-refractivity contribution is 5.32. The third-order valence-electron chi connectivity index (χ3n) is 5.96. The van der Waals surface area contributed by atoms with Crippen LogP contribution in [-0.4, -0.2) is 47.1 Å². The van der Waals surface area contributed by atoms with Crippen molar-refractivity contribution >= 4 is 0 Å². The number of furan rings is 1. The van der Waals surface area contributed by atoms with Gasteiger partial charge in [-0.3, -0.25) is 9.80 Å². The maximum absolute atomic E-state index is 11.2. The van der Waals surface area contributed by atoms with Crippen LogP contribution < -0.4 is 0 Å². The Labute approximate surface area is 150 Å². The molecule has 0 radical (unpaired) electrons. The lowest BCUT2D eigenvalue weighted by molar-refractivity contribution is 0.0321. The summed E-state index contributed by atoms with van der Waals surface area (Å²) < 4.78 is 5.47. The zero-order valence-corrected chi connectivity index (χ0v) is 15.0. The van der Waals surface area contributed by atoms with Crippen molar-refractivity contribution in [2.75, 3.05) is 26.2 Å². The predicted octanol–water partition coefficient (Wildman–Crippen LogP) is 3.15. The van der Waals surface area contributed by atoms with Crippen molar-refractivity contribution in [1.29, 1.82) is 0 Å². The van der Waals surface area contributed by atoms with E-state index < -0.39 is 5.60 Å². The molecule has 4 nitrogen and oxygen atoms in total. The molecule has 4 rings (SSSR count). The van der Waals surface area contributed by atoms with Crippen LogP contribution in [0.3, 0.4) is 0 Å². The molecule has 1 aromatic carbocycles. The summed E-state index contributed by atoms with van der Waals surface area (Å²) in [6.45, 7) is 6.97. The highest BCUT2D eigenvalue weighted by Crippen LogP contribution is 2.36.